The molecule has 0 aliphatic carbocycles. The predicted molar refractivity (Wildman–Crippen MR) is 92.1 cm³/mol. The molecule has 0 spiro atoms. The minimum absolute atomic E-state index is 0.0436. The van der Waals surface area contributed by atoms with E-state index >= 15 is 0 Å². The highest BCUT2D eigenvalue weighted by Gasteiger charge is 2.27. The second-order valence-corrected chi connectivity index (χ2v) is 6.17. The summed E-state index contributed by atoms with van der Waals surface area (Å²) in [5.74, 6) is -0.0436. The van der Waals surface area contributed by atoms with Crippen LogP contribution in [0.3, 0.4) is 0 Å². The van der Waals surface area contributed by atoms with Crippen molar-refractivity contribution in [1.82, 2.24) is 20.0 Å². The van der Waals surface area contributed by atoms with E-state index in [4.69, 9.17) is 0 Å². The van der Waals surface area contributed by atoms with E-state index < -0.39 is 0 Å². The third-order valence-electron chi connectivity index (χ3n) is 4.71. The third kappa shape index (κ3) is 2.14. The first kappa shape index (κ1) is 14.7. The van der Waals surface area contributed by atoms with Gasteiger partial charge in [0.25, 0.3) is 5.91 Å². The van der Waals surface area contributed by atoms with Gasteiger partial charge in [0.15, 0.2) is 0 Å². The van der Waals surface area contributed by atoms with E-state index in [0.29, 0.717) is 12.2 Å². The van der Waals surface area contributed by atoms with Crippen molar-refractivity contribution in [3.8, 4) is 11.3 Å². The molecule has 1 aliphatic rings. The number of hydrogen-bond acceptors (Lipinski definition) is 3. The maximum absolute atomic E-state index is 12.9. The van der Waals surface area contributed by atoms with Crippen molar-refractivity contribution in [1.29, 1.82) is 0 Å². The number of carbonyl (C=O) groups excluding carboxylic acids is 1. The Labute approximate surface area is 140 Å². The molecule has 1 amide bonds. The van der Waals surface area contributed by atoms with Crippen LogP contribution in [0.1, 0.15) is 27.4 Å². The molecular weight excluding hydrogens is 302 g/mol. The maximum atomic E-state index is 12.9. The number of rotatable bonds is 2. The lowest BCUT2D eigenvalue weighted by molar-refractivity contribution is 0.0984. The number of nitrogens with zero attached hydrogens (tertiary/aromatic N) is 4. The Morgan fingerprint density at radius 1 is 1.25 bits per heavy atom. The van der Waals surface area contributed by atoms with Crippen molar-refractivity contribution in [2.24, 2.45) is 7.05 Å². The average Bonchev–Trinajstić information content (AvgIpc) is 3.26. The average molecular weight is 321 g/mol. The Morgan fingerprint density at radius 3 is 2.79 bits per heavy atom. The number of aromatic nitrogens is 4. The zero-order valence-electron chi connectivity index (χ0n) is 14.0. The minimum Gasteiger partial charge on any atom is -0.306 e. The van der Waals surface area contributed by atoms with Gasteiger partial charge in [-0.2, -0.15) is 10.2 Å². The van der Waals surface area contributed by atoms with Gasteiger partial charge < -0.3 is 4.90 Å². The molecule has 6 heteroatoms. The summed E-state index contributed by atoms with van der Waals surface area (Å²) in [5.41, 5.74) is 6.39. The van der Waals surface area contributed by atoms with Crippen molar-refractivity contribution in [2.45, 2.75) is 20.3 Å². The highest BCUT2D eigenvalue weighted by molar-refractivity contribution is 6.06. The molecule has 1 N–H and O–H groups in total. The molecule has 3 heterocycles. The lowest BCUT2D eigenvalue weighted by atomic mass is 10.1. The van der Waals surface area contributed by atoms with E-state index in [1.54, 1.807) is 0 Å². The standard InChI is InChI=1S/C18H19N5O/c1-11-17(12(2)22(3)21-11)14-10-15(20-19-14)18(24)23-9-8-13-6-4-5-7-16(13)23/h4-7,10H,8-9H2,1-3H3,(H,19,20). The molecule has 3 aromatic rings. The van der Waals surface area contributed by atoms with E-state index in [2.05, 4.69) is 21.4 Å². The van der Waals surface area contributed by atoms with E-state index in [9.17, 15) is 4.79 Å². The van der Waals surface area contributed by atoms with Crippen LogP contribution in [0.15, 0.2) is 30.3 Å². The quantitative estimate of drug-likeness (QED) is 0.789. The molecule has 0 radical (unpaired) electrons. The fourth-order valence-electron chi connectivity index (χ4n) is 3.40. The van der Waals surface area contributed by atoms with Gasteiger partial charge in [0, 0.05) is 30.5 Å². The van der Waals surface area contributed by atoms with Gasteiger partial charge in [0.05, 0.1) is 11.4 Å². The lowest BCUT2D eigenvalue weighted by Crippen LogP contribution is -2.29. The predicted octanol–water partition coefficient (Wildman–Crippen LogP) is 2.63. The molecule has 24 heavy (non-hydrogen) atoms. The van der Waals surface area contributed by atoms with Crippen molar-refractivity contribution in [2.75, 3.05) is 11.4 Å². The molecule has 6 nitrogen and oxygen atoms in total. The number of hydrogen-bond donors (Lipinski definition) is 1. The zero-order chi connectivity index (χ0) is 16.8. The number of nitrogens with one attached hydrogen (secondary N) is 1. The van der Waals surface area contributed by atoms with Crippen molar-refractivity contribution >= 4 is 11.6 Å². The van der Waals surface area contributed by atoms with Crippen LogP contribution in [-0.2, 0) is 13.5 Å². The molecule has 1 aromatic carbocycles. The van der Waals surface area contributed by atoms with Gasteiger partial charge in [-0.3, -0.25) is 14.6 Å². The van der Waals surface area contributed by atoms with Gasteiger partial charge in [0.2, 0.25) is 0 Å². The Bertz CT molecular complexity index is 937. The Morgan fingerprint density at radius 2 is 2.04 bits per heavy atom. The summed E-state index contributed by atoms with van der Waals surface area (Å²) >= 11 is 0. The van der Waals surface area contributed by atoms with Gasteiger partial charge in [-0.25, -0.2) is 0 Å². The summed E-state index contributed by atoms with van der Waals surface area (Å²) in [6, 6.07) is 9.86. The molecule has 0 bridgehead atoms. The normalized spacial score (nSPS) is 13.4. The Balaban J connectivity index is 1.67. The Kier molecular flexibility index (Phi) is 3.26. The number of H-pyrrole nitrogens is 1. The van der Waals surface area contributed by atoms with E-state index in [0.717, 1.165) is 34.8 Å². The fraction of sp³-hybridized carbons (Fsp3) is 0.278. The fourth-order valence-corrected chi connectivity index (χ4v) is 3.40. The number of amides is 1. The number of carbonyl (C=O) groups is 1. The lowest BCUT2D eigenvalue weighted by Gasteiger charge is -2.15. The number of aromatic amines is 1. The van der Waals surface area contributed by atoms with Gasteiger partial charge in [-0.15, -0.1) is 0 Å². The number of para-hydroxylation sites is 1. The van der Waals surface area contributed by atoms with E-state index in [1.165, 1.54) is 5.56 Å². The molecule has 4 rings (SSSR count). The topological polar surface area (TPSA) is 66.8 Å². The van der Waals surface area contributed by atoms with Gasteiger partial charge in [-0.05, 0) is 38.0 Å². The second kappa shape index (κ2) is 5.33. The number of anilines is 1. The molecule has 122 valence electrons. The van der Waals surface area contributed by atoms with E-state index in [1.807, 2.05) is 54.7 Å². The first-order chi connectivity index (χ1) is 11.6. The van der Waals surface area contributed by atoms with Crippen LogP contribution in [0, 0.1) is 13.8 Å². The Hall–Kier alpha value is -2.89. The minimum atomic E-state index is -0.0436. The van der Waals surface area contributed by atoms with Crippen LogP contribution < -0.4 is 4.90 Å². The summed E-state index contributed by atoms with van der Waals surface area (Å²) in [6.07, 6.45) is 0.893. The molecule has 0 saturated carbocycles. The zero-order valence-corrected chi connectivity index (χ0v) is 14.0. The van der Waals surface area contributed by atoms with Crippen molar-refractivity contribution in [3.63, 3.8) is 0 Å². The SMILES string of the molecule is Cc1nn(C)c(C)c1-c1cc(C(=O)N2CCc3ccccc32)[nH]n1. The van der Waals surface area contributed by atoms with Crippen molar-refractivity contribution < 1.29 is 4.79 Å². The second-order valence-electron chi connectivity index (χ2n) is 6.17. The summed E-state index contributed by atoms with van der Waals surface area (Å²) in [7, 11) is 1.91. The number of benzene rings is 1. The molecule has 1 aliphatic heterocycles. The van der Waals surface area contributed by atoms with Crippen LogP contribution >= 0.6 is 0 Å². The van der Waals surface area contributed by atoms with Crippen LogP contribution in [0.2, 0.25) is 0 Å². The molecule has 0 fully saturated rings. The highest BCUT2D eigenvalue weighted by atomic mass is 16.2. The van der Waals surface area contributed by atoms with Crippen LogP contribution in [0.5, 0.6) is 0 Å². The maximum Gasteiger partial charge on any atom is 0.276 e. The highest BCUT2D eigenvalue weighted by Crippen LogP contribution is 2.30. The summed E-state index contributed by atoms with van der Waals surface area (Å²) < 4.78 is 1.83. The number of fused-ring (bicyclic) bond motifs is 1. The van der Waals surface area contributed by atoms with Crippen molar-refractivity contribution in [3.05, 3.63) is 53.0 Å². The molecule has 2 aromatic heterocycles. The van der Waals surface area contributed by atoms with E-state index in [-0.39, 0.29) is 5.91 Å². The van der Waals surface area contributed by atoms with Gasteiger partial charge in [-0.1, -0.05) is 18.2 Å². The third-order valence-corrected chi connectivity index (χ3v) is 4.71. The first-order valence-electron chi connectivity index (χ1n) is 8.02. The van der Waals surface area contributed by atoms with Crippen LogP contribution in [-0.4, -0.2) is 32.4 Å². The molecule has 0 saturated heterocycles. The molecular formula is C18H19N5O. The first-order valence-corrected chi connectivity index (χ1v) is 8.02. The summed E-state index contributed by atoms with van der Waals surface area (Å²) in [6.45, 7) is 4.66. The molecule has 0 atom stereocenters. The smallest absolute Gasteiger partial charge is 0.276 e. The van der Waals surface area contributed by atoms with Gasteiger partial charge >= 0.3 is 0 Å². The molecule has 0 unspecified atom stereocenters. The summed E-state index contributed by atoms with van der Waals surface area (Å²) in [5, 5.41) is 11.7. The largest absolute Gasteiger partial charge is 0.306 e. The monoisotopic (exact) mass is 321 g/mol. The van der Waals surface area contributed by atoms with Gasteiger partial charge in [0.1, 0.15) is 5.69 Å². The van der Waals surface area contributed by atoms with Crippen LogP contribution in [0.25, 0.3) is 11.3 Å². The van der Waals surface area contributed by atoms with Crippen LogP contribution in [0.4, 0.5) is 5.69 Å². The summed E-state index contributed by atoms with van der Waals surface area (Å²) in [4.78, 5) is 14.7. The number of aryl methyl sites for hydroxylation is 2.